The molecule has 4 N–H and O–H groups in total. The van der Waals surface area contributed by atoms with E-state index in [1.807, 2.05) is 0 Å². The van der Waals surface area contributed by atoms with Crippen LogP contribution < -0.4 is 5.32 Å². The van der Waals surface area contributed by atoms with E-state index < -0.39 is 6.10 Å². The number of likely N-dealkylation sites (N-methyl/N-ethyl adjacent to an activating group) is 1. The fraction of sp³-hybridized carbons (Fsp3) is 0.333. The summed E-state index contributed by atoms with van der Waals surface area (Å²) in [7, 11) is 1.71. The summed E-state index contributed by atoms with van der Waals surface area (Å²) in [5.74, 6) is -0.111. The first-order valence-electron chi connectivity index (χ1n) is 3.99. The van der Waals surface area contributed by atoms with E-state index in [2.05, 4.69) is 5.32 Å². The summed E-state index contributed by atoms with van der Waals surface area (Å²) in [5.41, 5.74) is 0.409. The molecular weight excluding hydrogens is 170 g/mol. The third-order valence-electron chi connectivity index (χ3n) is 1.77. The van der Waals surface area contributed by atoms with Crippen LogP contribution in [0.1, 0.15) is 11.7 Å². The average Bonchev–Trinajstić information content (AvgIpc) is 2.04. The van der Waals surface area contributed by atoms with E-state index in [9.17, 15) is 10.2 Å². The van der Waals surface area contributed by atoms with Gasteiger partial charge in [-0.3, -0.25) is 0 Å². The fourth-order valence-corrected chi connectivity index (χ4v) is 1.12. The lowest BCUT2D eigenvalue weighted by atomic mass is 10.1. The van der Waals surface area contributed by atoms with E-state index in [1.54, 1.807) is 7.05 Å². The quantitative estimate of drug-likeness (QED) is 0.545. The van der Waals surface area contributed by atoms with Crippen molar-refractivity contribution in [3.05, 3.63) is 23.8 Å². The molecule has 1 unspecified atom stereocenters. The molecule has 0 aliphatic carbocycles. The molecule has 0 aliphatic heterocycles. The van der Waals surface area contributed by atoms with Gasteiger partial charge < -0.3 is 20.6 Å². The summed E-state index contributed by atoms with van der Waals surface area (Å²) in [6, 6.07) is 4.12. The van der Waals surface area contributed by atoms with Gasteiger partial charge in [0.25, 0.3) is 0 Å². The minimum Gasteiger partial charge on any atom is -0.508 e. The molecule has 0 saturated carbocycles. The largest absolute Gasteiger partial charge is 0.508 e. The monoisotopic (exact) mass is 183 g/mol. The summed E-state index contributed by atoms with van der Waals surface area (Å²) in [6.45, 7) is 0.359. The number of rotatable bonds is 3. The lowest BCUT2D eigenvalue weighted by molar-refractivity contribution is 0.174. The number of hydrogen-bond donors (Lipinski definition) is 4. The predicted octanol–water partition coefficient (Wildman–Crippen LogP) is 0.351. The van der Waals surface area contributed by atoms with Gasteiger partial charge in [0.05, 0.1) is 6.10 Å². The van der Waals surface area contributed by atoms with E-state index in [-0.39, 0.29) is 11.5 Å². The average molecular weight is 183 g/mol. The van der Waals surface area contributed by atoms with E-state index in [4.69, 9.17) is 5.11 Å². The van der Waals surface area contributed by atoms with Gasteiger partial charge in [0.15, 0.2) is 0 Å². The van der Waals surface area contributed by atoms with Crippen LogP contribution in [-0.2, 0) is 0 Å². The Balaban J connectivity index is 2.88. The minimum absolute atomic E-state index is 0.0158. The van der Waals surface area contributed by atoms with E-state index >= 15 is 0 Å². The highest BCUT2D eigenvalue weighted by Crippen LogP contribution is 2.27. The van der Waals surface area contributed by atoms with Crippen molar-refractivity contribution in [2.45, 2.75) is 6.10 Å². The SMILES string of the molecule is CNCC(O)c1ccc(O)cc1O. The van der Waals surface area contributed by atoms with Gasteiger partial charge in [0.1, 0.15) is 11.5 Å². The van der Waals surface area contributed by atoms with Gasteiger partial charge in [0.2, 0.25) is 0 Å². The fourth-order valence-electron chi connectivity index (χ4n) is 1.12. The molecule has 1 aromatic rings. The number of phenolic OH excluding ortho intramolecular Hbond substituents is 2. The van der Waals surface area contributed by atoms with Crippen molar-refractivity contribution >= 4 is 0 Å². The Hall–Kier alpha value is -1.26. The Morgan fingerprint density at radius 2 is 2.08 bits per heavy atom. The smallest absolute Gasteiger partial charge is 0.125 e. The van der Waals surface area contributed by atoms with Gasteiger partial charge >= 0.3 is 0 Å². The van der Waals surface area contributed by atoms with Crippen LogP contribution in [0.4, 0.5) is 0 Å². The molecule has 1 rings (SSSR count). The van der Waals surface area contributed by atoms with Crippen molar-refractivity contribution in [1.29, 1.82) is 0 Å². The molecule has 0 amide bonds. The molecule has 4 nitrogen and oxygen atoms in total. The molecule has 4 heteroatoms. The molecule has 0 aliphatic rings. The molecule has 0 bridgehead atoms. The first-order valence-corrected chi connectivity index (χ1v) is 3.99. The number of benzene rings is 1. The Morgan fingerprint density at radius 3 is 2.62 bits per heavy atom. The number of nitrogens with one attached hydrogen (secondary N) is 1. The van der Waals surface area contributed by atoms with Crippen molar-refractivity contribution in [1.82, 2.24) is 5.32 Å². The summed E-state index contributed by atoms with van der Waals surface area (Å²) >= 11 is 0. The van der Waals surface area contributed by atoms with Gasteiger partial charge in [-0.1, -0.05) is 0 Å². The lowest BCUT2D eigenvalue weighted by Crippen LogP contribution is -2.16. The Morgan fingerprint density at radius 1 is 1.38 bits per heavy atom. The summed E-state index contributed by atoms with van der Waals surface area (Å²) in [4.78, 5) is 0. The topological polar surface area (TPSA) is 72.7 Å². The van der Waals surface area contributed by atoms with Crippen molar-refractivity contribution in [2.24, 2.45) is 0 Å². The molecule has 72 valence electrons. The zero-order valence-corrected chi connectivity index (χ0v) is 7.36. The normalized spacial score (nSPS) is 12.8. The van der Waals surface area contributed by atoms with E-state index in [0.29, 0.717) is 12.1 Å². The first-order chi connectivity index (χ1) is 6.15. The molecule has 0 heterocycles. The highest BCUT2D eigenvalue weighted by molar-refractivity contribution is 5.40. The van der Waals surface area contributed by atoms with Gasteiger partial charge in [0, 0.05) is 18.2 Å². The third kappa shape index (κ3) is 2.34. The molecule has 1 aromatic carbocycles. The van der Waals surface area contributed by atoms with Gasteiger partial charge in [-0.2, -0.15) is 0 Å². The lowest BCUT2D eigenvalue weighted by Gasteiger charge is -2.11. The van der Waals surface area contributed by atoms with Crippen LogP contribution in [0.25, 0.3) is 0 Å². The number of aliphatic hydroxyl groups excluding tert-OH is 1. The highest BCUT2D eigenvalue weighted by atomic mass is 16.3. The van der Waals surface area contributed by atoms with Crippen LogP contribution in [0.15, 0.2) is 18.2 Å². The molecule has 0 aromatic heterocycles. The van der Waals surface area contributed by atoms with Gasteiger partial charge in [-0.15, -0.1) is 0 Å². The maximum atomic E-state index is 9.49. The van der Waals surface area contributed by atoms with Crippen LogP contribution in [0.5, 0.6) is 11.5 Å². The summed E-state index contributed by atoms with van der Waals surface area (Å²) in [5, 5.41) is 30.6. The number of aliphatic hydroxyl groups is 1. The van der Waals surface area contributed by atoms with Gasteiger partial charge in [-0.05, 0) is 19.2 Å². The zero-order chi connectivity index (χ0) is 9.84. The van der Waals surface area contributed by atoms with Gasteiger partial charge in [-0.25, -0.2) is 0 Å². The standard InChI is InChI=1S/C9H13NO3/c1-10-5-9(13)7-3-2-6(11)4-8(7)12/h2-4,9-13H,5H2,1H3. The Kier molecular flexibility index (Phi) is 3.11. The van der Waals surface area contributed by atoms with Crippen molar-refractivity contribution < 1.29 is 15.3 Å². The molecular formula is C9H13NO3. The molecule has 0 fully saturated rings. The van der Waals surface area contributed by atoms with Crippen molar-refractivity contribution in [2.75, 3.05) is 13.6 Å². The summed E-state index contributed by atoms with van der Waals surface area (Å²) in [6.07, 6.45) is -0.759. The second-order valence-electron chi connectivity index (χ2n) is 2.82. The van der Waals surface area contributed by atoms with Crippen LogP contribution in [0.3, 0.4) is 0 Å². The molecule has 0 spiro atoms. The summed E-state index contributed by atoms with van der Waals surface area (Å²) < 4.78 is 0. The maximum absolute atomic E-state index is 9.49. The van der Waals surface area contributed by atoms with Crippen molar-refractivity contribution in [3.8, 4) is 11.5 Å². The van der Waals surface area contributed by atoms with E-state index in [1.165, 1.54) is 18.2 Å². The van der Waals surface area contributed by atoms with Crippen molar-refractivity contribution in [3.63, 3.8) is 0 Å². The van der Waals surface area contributed by atoms with Crippen LogP contribution in [-0.4, -0.2) is 28.9 Å². The van der Waals surface area contributed by atoms with Crippen LogP contribution >= 0.6 is 0 Å². The van der Waals surface area contributed by atoms with E-state index in [0.717, 1.165) is 0 Å². The predicted molar refractivity (Wildman–Crippen MR) is 48.7 cm³/mol. The minimum atomic E-state index is -0.759. The molecule has 13 heavy (non-hydrogen) atoms. The Bertz CT molecular complexity index is 288. The first kappa shape index (κ1) is 9.83. The Labute approximate surface area is 76.5 Å². The molecule has 0 radical (unpaired) electrons. The zero-order valence-electron chi connectivity index (χ0n) is 7.36. The second kappa shape index (κ2) is 4.11. The van der Waals surface area contributed by atoms with Crippen LogP contribution in [0.2, 0.25) is 0 Å². The second-order valence-corrected chi connectivity index (χ2v) is 2.82. The number of phenols is 2. The number of aromatic hydroxyl groups is 2. The number of hydrogen-bond acceptors (Lipinski definition) is 4. The highest BCUT2D eigenvalue weighted by Gasteiger charge is 2.11. The maximum Gasteiger partial charge on any atom is 0.125 e. The molecule has 1 atom stereocenters. The van der Waals surface area contributed by atoms with Crippen LogP contribution in [0, 0.1) is 0 Å². The third-order valence-corrected chi connectivity index (χ3v) is 1.77. The molecule has 0 saturated heterocycles.